The number of H-pyrrole nitrogens is 1. The lowest BCUT2D eigenvalue weighted by atomic mass is 10.0. The van der Waals surface area contributed by atoms with Crippen molar-refractivity contribution < 1.29 is 14.7 Å². The molecule has 5 heteroatoms. The zero-order chi connectivity index (χ0) is 14.4. The molecule has 1 aliphatic rings. The number of carbonyl (C=O) groups is 1. The van der Waals surface area contributed by atoms with Crippen molar-refractivity contribution in [3.8, 4) is 0 Å². The smallest absolute Gasteiger partial charge is 0.294 e. The van der Waals surface area contributed by atoms with E-state index in [4.69, 9.17) is 4.84 Å². The van der Waals surface area contributed by atoms with Gasteiger partial charge in [-0.05, 0) is 37.5 Å². The number of benzene rings is 1. The number of amides is 1. The van der Waals surface area contributed by atoms with Gasteiger partial charge in [-0.15, -0.1) is 0 Å². The molecule has 2 N–H and O–H groups in total. The van der Waals surface area contributed by atoms with Crippen molar-refractivity contribution in [1.29, 1.82) is 0 Å². The van der Waals surface area contributed by atoms with Crippen LogP contribution in [-0.2, 0) is 4.84 Å². The number of aromatic amines is 1. The summed E-state index contributed by atoms with van der Waals surface area (Å²) in [6.07, 6.45) is -0.605. The Morgan fingerprint density at radius 1 is 1.35 bits per heavy atom. The third kappa shape index (κ3) is 1.90. The minimum absolute atomic E-state index is 0.170. The molecule has 0 saturated carbocycles. The van der Waals surface area contributed by atoms with Gasteiger partial charge in [-0.3, -0.25) is 9.63 Å². The van der Waals surface area contributed by atoms with Crippen LogP contribution in [0.5, 0.6) is 0 Å². The van der Waals surface area contributed by atoms with Gasteiger partial charge in [0.05, 0.1) is 6.54 Å². The number of aliphatic hydroxyl groups is 1. The van der Waals surface area contributed by atoms with Crippen molar-refractivity contribution >= 4 is 16.8 Å². The molecule has 2 aromatic rings. The number of fused-ring (bicyclic) bond motifs is 1. The van der Waals surface area contributed by atoms with E-state index in [0.717, 1.165) is 27.6 Å². The van der Waals surface area contributed by atoms with Gasteiger partial charge in [0.1, 0.15) is 18.4 Å². The maximum atomic E-state index is 12.5. The monoisotopic (exact) mass is 274 g/mol. The number of hydrogen-bond acceptors (Lipinski definition) is 3. The summed E-state index contributed by atoms with van der Waals surface area (Å²) in [5.74, 6) is -0.228. The number of nitrogens with zero attached hydrogens (tertiary/aromatic N) is 1. The number of hydroxylamine groups is 2. The van der Waals surface area contributed by atoms with Gasteiger partial charge < -0.3 is 10.1 Å². The van der Waals surface area contributed by atoms with Crippen LogP contribution < -0.4 is 0 Å². The van der Waals surface area contributed by atoms with Gasteiger partial charge in [-0.1, -0.05) is 12.1 Å². The average Bonchev–Trinajstić information content (AvgIpc) is 2.98. The number of carbonyl (C=O) groups excluding carboxylic acids is 1. The number of nitrogens with one attached hydrogen (secondary N) is 1. The molecule has 0 aliphatic carbocycles. The Bertz CT molecular complexity index is 690. The molecule has 1 saturated heterocycles. The van der Waals surface area contributed by atoms with Crippen LogP contribution in [0.4, 0.5) is 0 Å². The fourth-order valence-electron chi connectivity index (χ4n) is 2.75. The SMILES string of the molecule is Cc1ccc(C)c2c(C)c(C(=O)N3CC(O)CO3)[nH]c12. The summed E-state index contributed by atoms with van der Waals surface area (Å²) in [4.78, 5) is 20.9. The number of aromatic nitrogens is 1. The third-order valence-corrected chi connectivity index (χ3v) is 3.86. The van der Waals surface area contributed by atoms with Gasteiger partial charge in [-0.25, -0.2) is 5.06 Å². The highest BCUT2D eigenvalue weighted by Gasteiger charge is 2.29. The average molecular weight is 274 g/mol. The minimum Gasteiger partial charge on any atom is -0.389 e. The first-order valence-electron chi connectivity index (χ1n) is 6.70. The summed E-state index contributed by atoms with van der Waals surface area (Å²) in [6.45, 7) is 6.37. The molecule has 1 aromatic carbocycles. The Labute approximate surface area is 117 Å². The first kappa shape index (κ1) is 13.1. The maximum absolute atomic E-state index is 12.5. The summed E-state index contributed by atoms with van der Waals surface area (Å²) < 4.78 is 0. The van der Waals surface area contributed by atoms with Crippen LogP contribution in [0.3, 0.4) is 0 Å². The molecule has 106 valence electrons. The second-order valence-electron chi connectivity index (χ2n) is 5.39. The molecule has 1 atom stereocenters. The molecule has 1 unspecified atom stereocenters. The molecule has 5 nitrogen and oxygen atoms in total. The lowest BCUT2D eigenvalue weighted by Gasteiger charge is -2.13. The second kappa shape index (κ2) is 4.61. The molecular weight excluding hydrogens is 256 g/mol. The van der Waals surface area contributed by atoms with Gasteiger partial charge >= 0.3 is 0 Å². The predicted octanol–water partition coefficient (Wildman–Crippen LogP) is 1.84. The summed E-state index contributed by atoms with van der Waals surface area (Å²) in [7, 11) is 0. The summed E-state index contributed by atoms with van der Waals surface area (Å²) in [6, 6.07) is 4.10. The highest BCUT2D eigenvalue weighted by molar-refractivity contribution is 6.02. The van der Waals surface area contributed by atoms with E-state index in [0.29, 0.717) is 5.69 Å². The Morgan fingerprint density at radius 3 is 2.65 bits per heavy atom. The molecule has 20 heavy (non-hydrogen) atoms. The number of hydrogen-bond donors (Lipinski definition) is 2. The van der Waals surface area contributed by atoms with E-state index in [-0.39, 0.29) is 19.1 Å². The van der Waals surface area contributed by atoms with Crippen LogP contribution in [0.15, 0.2) is 12.1 Å². The molecule has 1 aliphatic heterocycles. The molecule has 2 heterocycles. The van der Waals surface area contributed by atoms with E-state index >= 15 is 0 Å². The van der Waals surface area contributed by atoms with E-state index in [1.165, 1.54) is 5.06 Å². The van der Waals surface area contributed by atoms with Crippen molar-refractivity contribution in [3.63, 3.8) is 0 Å². The largest absolute Gasteiger partial charge is 0.389 e. The Hall–Kier alpha value is -1.85. The van der Waals surface area contributed by atoms with Crippen molar-refractivity contribution in [1.82, 2.24) is 10.0 Å². The van der Waals surface area contributed by atoms with Crippen LogP contribution in [0.2, 0.25) is 0 Å². The van der Waals surface area contributed by atoms with E-state index < -0.39 is 6.10 Å². The van der Waals surface area contributed by atoms with Crippen molar-refractivity contribution in [2.24, 2.45) is 0 Å². The van der Waals surface area contributed by atoms with Crippen molar-refractivity contribution in [3.05, 3.63) is 34.5 Å². The third-order valence-electron chi connectivity index (χ3n) is 3.86. The summed E-state index contributed by atoms with van der Waals surface area (Å²) in [5.41, 5.74) is 4.70. The van der Waals surface area contributed by atoms with Gasteiger partial charge in [0, 0.05) is 10.9 Å². The fraction of sp³-hybridized carbons (Fsp3) is 0.400. The number of rotatable bonds is 1. The fourth-order valence-corrected chi connectivity index (χ4v) is 2.75. The highest BCUT2D eigenvalue weighted by Crippen LogP contribution is 2.28. The van der Waals surface area contributed by atoms with Crippen molar-refractivity contribution in [2.75, 3.05) is 13.2 Å². The second-order valence-corrected chi connectivity index (χ2v) is 5.39. The predicted molar refractivity (Wildman–Crippen MR) is 75.5 cm³/mol. The number of β-amino-alcohol motifs (C(OH)–C–C–N with tert-alkyl or cyclic N) is 1. The summed E-state index contributed by atoms with van der Waals surface area (Å²) in [5, 5.41) is 11.8. The normalized spacial score (nSPS) is 19.0. The van der Waals surface area contributed by atoms with Crippen LogP contribution in [0.25, 0.3) is 10.9 Å². The van der Waals surface area contributed by atoms with Crippen LogP contribution in [0, 0.1) is 20.8 Å². The molecule has 1 aromatic heterocycles. The Balaban J connectivity index is 2.08. The van der Waals surface area contributed by atoms with Gasteiger partial charge in [0.25, 0.3) is 5.91 Å². The van der Waals surface area contributed by atoms with E-state index in [2.05, 4.69) is 11.1 Å². The number of aliphatic hydroxyl groups excluding tert-OH is 1. The molecular formula is C15H18N2O3. The van der Waals surface area contributed by atoms with E-state index in [1.54, 1.807) is 0 Å². The van der Waals surface area contributed by atoms with Gasteiger partial charge in [0.15, 0.2) is 0 Å². The first-order valence-corrected chi connectivity index (χ1v) is 6.70. The van der Waals surface area contributed by atoms with Crippen molar-refractivity contribution in [2.45, 2.75) is 26.9 Å². The molecule has 0 bridgehead atoms. The van der Waals surface area contributed by atoms with Gasteiger partial charge in [0.2, 0.25) is 0 Å². The minimum atomic E-state index is -0.605. The van der Waals surface area contributed by atoms with E-state index in [9.17, 15) is 9.90 Å². The highest BCUT2D eigenvalue weighted by atomic mass is 16.7. The zero-order valence-electron chi connectivity index (χ0n) is 11.9. The van der Waals surface area contributed by atoms with Gasteiger partial charge in [-0.2, -0.15) is 0 Å². The lowest BCUT2D eigenvalue weighted by Crippen LogP contribution is -2.29. The van der Waals surface area contributed by atoms with Crippen LogP contribution >= 0.6 is 0 Å². The molecule has 1 amide bonds. The van der Waals surface area contributed by atoms with E-state index in [1.807, 2.05) is 26.8 Å². The quantitative estimate of drug-likeness (QED) is 0.834. The Morgan fingerprint density at radius 2 is 2.05 bits per heavy atom. The van der Waals surface area contributed by atoms with Crippen LogP contribution in [0.1, 0.15) is 27.2 Å². The summed E-state index contributed by atoms with van der Waals surface area (Å²) >= 11 is 0. The molecule has 0 spiro atoms. The lowest BCUT2D eigenvalue weighted by molar-refractivity contribution is -0.0783. The Kier molecular flexibility index (Phi) is 3.03. The standard InChI is InChI=1S/C15H18N2O3/c1-8-4-5-9(2)13-12(8)10(3)14(16-13)15(19)17-6-11(18)7-20-17/h4-5,11,16,18H,6-7H2,1-3H3. The number of aryl methyl sites for hydroxylation is 3. The van der Waals surface area contributed by atoms with Crippen LogP contribution in [-0.4, -0.2) is 40.3 Å². The first-order chi connectivity index (χ1) is 9.49. The zero-order valence-corrected chi connectivity index (χ0v) is 11.9. The molecule has 0 radical (unpaired) electrons. The molecule has 3 rings (SSSR count). The maximum Gasteiger partial charge on any atom is 0.294 e. The molecule has 1 fully saturated rings. The topological polar surface area (TPSA) is 65.6 Å².